The Bertz CT molecular complexity index is 1270. The fraction of sp³-hybridized carbons (Fsp3) is 0.868. The van der Waals surface area contributed by atoms with Gasteiger partial charge in [-0.2, -0.15) is 0 Å². The molecule has 0 aliphatic heterocycles. The molecule has 0 aromatic rings. The molecule has 0 heterocycles. The maximum absolute atomic E-state index is 13.5. The Morgan fingerprint density at radius 3 is 2.00 bits per heavy atom. The fourth-order valence-electron chi connectivity index (χ4n) is 13.7. The number of hydrogen-bond donors (Lipinski definition) is 2. The summed E-state index contributed by atoms with van der Waals surface area (Å²) >= 11 is 0. The van der Waals surface area contributed by atoms with E-state index in [0.717, 1.165) is 64.2 Å². The second-order valence-electron chi connectivity index (χ2n) is 18.4. The molecule has 6 aliphatic carbocycles. The molecule has 2 N–H and O–H groups in total. The number of carboxylic acid groups (broad SMARTS) is 2. The number of carboxylic acids is 2. The number of aliphatic carboxylic acids is 2. The van der Waals surface area contributed by atoms with Gasteiger partial charge in [0.2, 0.25) is 0 Å². The molecule has 6 rings (SSSR count). The van der Waals surface area contributed by atoms with Crippen LogP contribution in [0.1, 0.15) is 126 Å². The van der Waals surface area contributed by atoms with Gasteiger partial charge in [0.1, 0.15) is 6.10 Å². The lowest BCUT2D eigenvalue weighted by Crippen LogP contribution is -2.67. The summed E-state index contributed by atoms with van der Waals surface area (Å²) < 4.78 is 6.35. The molecule has 6 aliphatic rings. The first-order chi connectivity index (χ1) is 20.3. The number of hydrogen-bond acceptors (Lipinski definition) is 4. The van der Waals surface area contributed by atoms with Gasteiger partial charge in [0.15, 0.2) is 0 Å². The zero-order valence-corrected chi connectivity index (χ0v) is 28.6. The zero-order valence-electron chi connectivity index (χ0n) is 28.6. The Kier molecular flexibility index (Phi) is 7.17. The number of carbonyl (C=O) groups excluding carboxylic acids is 1. The molecule has 6 fully saturated rings. The molecule has 0 spiro atoms. The first-order valence-corrected chi connectivity index (χ1v) is 17.6. The summed E-state index contributed by atoms with van der Waals surface area (Å²) in [5.41, 5.74) is 0.166. The van der Waals surface area contributed by atoms with Crippen molar-refractivity contribution in [3.05, 3.63) is 12.2 Å². The summed E-state index contributed by atoms with van der Waals surface area (Å²) in [7, 11) is 0. The Morgan fingerprint density at radius 1 is 0.727 bits per heavy atom. The third-order valence-electron chi connectivity index (χ3n) is 16.5. The van der Waals surface area contributed by atoms with E-state index in [1.54, 1.807) is 0 Å². The number of carbonyl (C=O) groups is 3. The summed E-state index contributed by atoms with van der Waals surface area (Å²) in [6.45, 7) is 22.5. The molecule has 6 saturated carbocycles. The van der Waals surface area contributed by atoms with Crippen molar-refractivity contribution < 1.29 is 29.3 Å². The van der Waals surface area contributed by atoms with Gasteiger partial charge in [0.25, 0.3) is 0 Å². The van der Waals surface area contributed by atoms with Gasteiger partial charge in [-0.05, 0) is 129 Å². The second kappa shape index (κ2) is 9.83. The van der Waals surface area contributed by atoms with Crippen LogP contribution in [0.25, 0.3) is 0 Å². The summed E-state index contributed by atoms with van der Waals surface area (Å²) in [5.74, 6) is -0.593. The van der Waals surface area contributed by atoms with Gasteiger partial charge in [-0.25, -0.2) is 0 Å². The maximum atomic E-state index is 13.5. The third kappa shape index (κ3) is 3.93. The lowest BCUT2D eigenvalue weighted by molar-refractivity contribution is -0.252. The van der Waals surface area contributed by atoms with Crippen molar-refractivity contribution in [1.82, 2.24) is 0 Å². The van der Waals surface area contributed by atoms with E-state index in [0.29, 0.717) is 30.1 Å². The first-order valence-electron chi connectivity index (χ1n) is 17.6. The van der Waals surface area contributed by atoms with E-state index < -0.39 is 28.7 Å². The summed E-state index contributed by atoms with van der Waals surface area (Å²) in [6.07, 6.45) is 10.1. The monoisotopic (exact) mass is 610 g/mol. The highest BCUT2D eigenvalue weighted by Gasteiger charge is 2.72. The third-order valence-corrected chi connectivity index (χ3v) is 16.5. The van der Waals surface area contributed by atoms with E-state index in [-0.39, 0.29) is 45.6 Å². The molecule has 0 amide bonds. The van der Waals surface area contributed by atoms with Crippen LogP contribution in [0.2, 0.25) is 0 Å². The van der Waals surface area contributed by atoms with E-state index in [1.165, 1.54) is 5.57 Å². The van der Waals surface area contributed by atoms with Crippen molar-refractivity contribution in [2.75, 3.05) is 0 Å². The Morgan fingerprint density at radius 2 is 1.41 bits per heavy atom. The quantitative estimate of drug-likeness (QED) is 0.240. The highest BCUT2D eigenvalue weighted by molar-refractivity contribution is 5.81. The van der Waals surface area contributed by atoms with E-state index in [9.17, 15) is 24.6 Å². The van der Waals surface area contributed by atoms with Crippen molar-refractivity contribution in [3.8, 4) is 0 Å². The molecule has 6 nitrogen and oxygen atoms in total. The lowest BCUT2D eigenvalue weighted by atomic mass is 9.32. The topological polar surface area (TPSA) is 101 Å². The maximum Gasteiger partial charge on any atom is 0.309 e. The van der Waals surface area contributed by atoms with Crippen LogP contribution in [0.15, 0.2) is 12.2 Å². The van der Waals surface area contributed by atoms with Gasteiger partial charge in [0, 0.05) is 5.41 Å². The molecule has 12 atom stereocenters. The number of esters is 1. The van der Waals surface area contributed by atoms with Crippen molar-refractivity contribution in [1.29, 1.82) is 0 Å². The molecule has 0 aromatic heterocycles. The molecular formula is C38H58O6. The van der Waals surface area contributed by atoms with E-state index >= 15 is 0 Å². The van der Waals surface area contributed by atoms with Crippen LogP contribution in [0.4, 0.5) is 0 Å². The number of ether oxygens (including phenoxy) is 1. The molecule has 0 aromatic carbocycles. The zero-order chi connectivity index (χ0) is 32.4. The summed E-state index contributed by atoms with van der Waals surface area (Å²) in [5, 5.41) is 20.2. The molecule has 6 heteroatoms. The van der Waals surface area contributed by atoms with Gasteiger partial charge in [-0.1, -0.05) is 60.6 Å². The number of fused-ring (bicyclic) bond motifs is 7. The average Bonchev–Trinajstić information content (AvgIpc) is 3.31. The van der Waals surface area contributed by atoms with Crippen molar-refractivity contribution in [3.63, 3.8) is 0 Å². The second-order valence-corrected chi connectivity index (χ2v) is 18.4. The van der Waals surface area contributed by atoms with Crippen LogP contribution in [-0.4, -0.2) is 34.2 Å². The van der Waals surface area contributed by atoms with Crippen molar-refractivity contribution >= 4 is 17.9 Å². The Hall–Kier alpha value is -1.85. The summed E-state index contributed by atoms with van der Waals surface area (Å²) in [6, 6.07) is 0. The van der Waals surface area contributed by atoms with E-state index in [4.69, 9.17) is 4.74 Å². The minimum atomic E-state index is -0.823. The van der Waals surface area contributed by atoms with Crippen LogP contribution < -0.4 is 0 Å². The van der Waals surface area contributed by atoms with Crippen molar-refractivity contribution in [2.24, 2.45) is 73.9 Å². The minimum absolute atomic E-state index is 0.0928. The SMILES string of the molecule is C=C(C)[C@@H]1CC[C@]2(C(=O)O)CC[C@]3(C)[C@H](CC[C@@H]4[C@@]5(C)CC[C@H](OC(=O)C6C[C@H](C(=O)O)C6(C)C)C(C)(C)[C@@H]5CC[C@]43C)[C@@H]12. The largest absolute Gasteiger partial charge is 0.481 e. The molecule has 0 bridgehead atoms. The first kappa shape index (κ1) is 32.1. The van der Waals surface area contributed by atoms with Gasteiger partial charge in [-0.3, -0.25) is 14.4 Å². The standard InChI is InChI=1S/C38H58O6/c1-21(2)22-12-17-38(32(42)43)19-18-36(8)23(29(22)38)10-11-27-35(7)15-14-28(34(5,6)26(35)13-16-37(27,36)9)44-31(41)25-20-24(30(39)40)33(25,3)4/h22-29H,1,10-20H2,2-9H3,(H,39,40)(H,42,43)/t22-,23+,24+,25?,26-,27+,28-,29+,35-,36+,37+,38-/m0/s1. The van der Waals surface area contributed by atoms with Crippen LogP contribution in [0.5, 0.6) is 0 Å². The Balaban J connectivity index is 1.25. The van der Waals surface area contributed by atoms with Crippen LogP contribution >= 0.6 is 0 Å². The highest BCUT2D eigenvalue weighted by Crippen LogP contribution is 2.77. The van der Waals surface area contributed by atoms with Crippen LogP contribution in [0, 0.1) is 73.9 Å². The number of rotatable bonds is 5. The highest BCUT2D eigenvalue weighted by atomic mass is 16.5. The normalized spacial score (nSPS) is 50.1. The molecular weight excluding hydrogens is 552 g/mol. The van der Waals surface area contributed by atoms with Crippen molar-refractivity contribution in [2.45, 2.75) is 132 Å². The predicted octanol–water partition coefficient (Wildman–Crippen LogP) is 8.39. The molecule has 0 radical (unpaired) electrons. The summed E-state index contributed by atoms with van der Waals surface area (Å²) in [4.78, 5) is 38.1. The van der Waals surface area contributed by atoms with Gasteiger partial charge in [0.05, 0.1) is 17.3 Å². The van der Waals surface area contributed by atoms with Crippen LogP contribution in [-0.2, 0) is 19.1 Å². The average molecular weight is 611 g/mol. The van der Waals surface area contributed by atoms with Gasteiger partial charge in [-0.15, -0.1) is 0 Å². The molecule has 0 saturated heterocycles. The molecule has 1 unspecified atom stereocenters. The molecule has 44 heavy (non-hydrogen) atoms. The van der Waals surface area contributed by atoms with Gasteiger partial charge >= 0.3 is 17.9 Å². The molecule has 246 valence electrons. The fourth-order valence-corrected chi connectivity index (χ4v) is 13.7. The predicted molar refractivity (Wildman–Crippen MR) is 169 cm³/mol. The number of allylic oxidation sites excluding steroid dienone is 1. The van der Waals surface area contributed by atoms with E-state index in [2.05, 4.69) is 48.1 Å². The Labute approximate surface area is 265 Å². The smallest absolute Gasteiger partial charge is 0.309 e. The van der Waals surface area contributed by atoms with Gasteiger partial charge < -0.3 is 14.9 Å². The lowest BCUT2D eigenvalue weighted by Gasteiger charge is -2.72. The van der Waals surface area contributed by atoms with Crippen LogP contribution in [0.3, 0.4) is 0 Å². The van der Waals surface area contributed by atoms with E-state index in [1.807, 2.05) is 13.8 Å². The minimum Gasteiger partial charge on any atom is -0.481 e.